The molecule has 2 aromatic carbocycles. The minimum Gasteiger partial charge on any atom is -0.497 e. The van der Waals surface area contributed by atoms with Gasteiger partial charge in [-0.15, -0.1) is 11.8 Å². The first kappa shape index (κ1) is 27.5. The number of carboxylic acid groups (broad SMARTS) is 1. The Morgan fingerprint density at radius 2 is 1.89 bits per heavy atom. The number of carbonyl (C=O) groups is 1. The monoisotopic (exact) mass is 552 g/mol. The summed E-state index contributed by atoms with van der Waals surface area (Å²) < 4.78 is 45.3. The van der Waals surface area contributed by atoms with Crippen LogP contribution in [0.4, 0.5) is 13.2 Å². The zero-order chi connectivity index (χ0) is 26.6. The van der Waals surface area contributed by atoms with Crippen molar-refractivity contribution < 1.29 is 27.8 Å². The second kappa shape index (κ2) is 11.9. The number of piperidine rings is 1. The number of halogens is 4. The number of hydrogen-bond acceptors (Lipinski definition) is 5. The van der Waals surface area contributed by atoms with E-state index < -0.39 is 28.8 Å². The molecule has 10 heteroatoms. The zero-order valence-electron chi connectivity index (χ0n) is 20.4. The lowest BCUT2D eigenvalue weighted by Crippen LogP contribution is -2.45. The molecule has 0 saturated carbocycles. The Morgan fingerprint density at radius 1 is 1.19 bits per heavy atom. The van der Waals surface area contributed by atoms with Gasteiger partial charge in [0.1, 0.15) is 5.75 Å². The van der Waals surface area contributed by atoms with Gasteiger partial charge in [0.05, 0.1) is 23.1 Å². The van der Waals surface area contributed by atoms with E-state index in [4.69, 9.17) is 16.3 Å². The Hall–Kier alpha value is -2.49. The van der Waals surface area contributed by atoms with Crippen LogP contribution in [0.2, 0.25) is 5.02 Å². The Labute approximate surface area is 223 Å². The van der Waals surface area contributed by atoms with E-state index in [9.17, 15) is 23.1 Å². The molecule has 1 aliphatic rings. The van der Waals surface area contributed by atoms with Crippen molar-refractivity contribution in [3.8, 4) is 5.75 Å². The van der Waals surface area contributed by atoms with Crippen LogP contribution in [0.1, 0.15) is 31.2 Å². The lowest BCUT2D eigenvalue weighted by Gasteiger charge is -2.39. The smallest absolute Gasteiger partial charge is 0.309 e. The van der Waals surface area contributed by atoms with Crippen molar-refractivity contribution in [2.24, 2.45) is 5.41 Å². The maximum absolute atomic E-state index is 13.4. The maximum atomic E-state index is 13.4. The number of aromatic nitrogens is 1. The quantitative estimate of drug-likeness (QED) is 0.226. The van der Waals surface area contributed by atoms with Crippen molar-refractivity contribution in [3.63, 3.8) is 0 Å². The molecule has 1 aliphatic heterocycles. The summed E-state index contributed by atoms with van der Waals surface area (Å²) in [5, 5.41) is 11.6. The van der Waals surface area contributed by atoms with Crippen LogP contribution in [-0.2, 0) is 11.2 Å². The van der Waals surface area contributed by atoms with E-state index in [-0.39, 0.29) is 0 Å². The average Bonchev–Trinajstić information content (AvgIpc) is 2.89. The van der Waals surface area contributed by atoms with E-state index in [1.807, 2.05) is 18.2 Å². The largest absolute Gasteiger partial charge is 0.497 e. The SMILES string of the molecule is COc1ccc2ncc(Cl)c(CCCC3(C(=O)O)CCN(CCSc4cc(F)c(F)c(F)c4)CC3)c2c1. The molecule has 1 saturated heterocycles. The molecule has 1 N–H and O–H groups in total. The predicted molar refractivity (Wildman–Crippen MR) is 139 cm³/mol. The summed E-state index contributed by atoms with van der Waals surface area (Å²) in [6.07, 6.45) is 4.50. The molecular weight excluding hydrogens is 525 g/mol. The molecular formula is C27H28ClF3N2O3S. The first-order valence-corrected chi connectivity index (χ1v) is 13.4. The molecule has 3 aromatic rings. The van der Waals surface area contributed by atoms with Gasteiger partial charge in [0.2, 0.25) is 0 Å². The highest BCUT2D eigenvalue weighted by molar-refractivity contribution is 7.99. The number of rotatable bonds is 10. The van der Waals surface area contributed by atoms with Crippen LogP contribution in [0.3, 0.4) is 0 Å². The molecule has 0 spiro atoms. The molecule has 0 radical (unpaired) electrons. The van der Waals surface area contributed by atoms with Crippen molar-refractivity contribution in [1.82, 2.24) is 9.88 Å². The number of likely N-dealkylation sites (tertiary alicyclic amines) is 1. The van der Waals surface area contributed by atoms with Crippen molar-refractivity contribution in [2.45, 2.75) is 37.0 Å². The average molecular weight is 553 g/mol. The summed E-state index contributed by atoms with van der Waals surface area (Å²) in [4.78, 5) is 19.2. The van der Waals surface area contributed by atoms with Gasteiger partial charge in [0, 0.05) is 28.8 Å². The summed E-state index contributed by atoms with van der Waals surface area (Å²) in [7, 11) is 1.60. The van der Waals surface area contributed by atoms with Crippen molar-refractivity contribution in [1.29, 1.82) is 0 Å². The molecule has 198 valence electrons. The zero-order valence-corrected chi connectivity index (χ0v) is 22.0. The molecule has 0 amide bonds. The molecule has 1 fully saturated rings. The number of aryl methyl sites for hydroxylation is 1. The summed E-state index contributed by atoms with van der Waals surface area (Å²) in [6, 6.07) is 7.60. The number of fused-ring (bicyclic) bond motifs is 1. The van der Waals surface area contributed by atoms with Crippen LogP contribution >= 0.6 is 23.4 Å². The molecule has 2 heterocycles. The van der Waals surface area contributed by atoms with Gasteiger partial charge in [-0.05, 0) is 81.1 Å². The van der Waals surface area contributed by atoms with Crippen LogP contribution in [0.5, 0.6) is 5.75 Å². The summed E-state index contributed by atoms with van der Waals surface area (Å²) in [6.45, 7) is 1.88. The fourth-order valence-electron chi connectivity index (χ4n) is 4.87. The van der Waals surface area contributed by atoms with Crippen LogP contribution < -0.4 is 4.74 Å². The number of hydrogen-bond donors (Lipinski definition) is 1. The van der Waals surface area contributed by atoms with Gasteiger partial charge in [-0.3, -0.25) is 9.78 Å². The molecule has 0 unspecified atom stereocenters. The molecule has 0 atom stereocenters. The van der Waals surface area contributed by atoms with E-state index in [0.29, 0.717) is 73.2 Å². The number of carboxylic acids is 1. The maximum Gasteiger partial charge on any atom is 0.309 e. The lowest BCUT2D eigenvalue weighted by atomic mass is 9.74. The molecule has 5 nitrogen and oxygen atoms in total. The molecule has 4 rings (SSSR count). The number of benzene rings is 2. The minimum absolute atomic E-state index is 0.327. The van der Waals surface area contributed by atoms with E-state index in [1.165, 1.54) is 11.8 Å². The number of pyridine rings is 1. The Balaban J connectivity index is 1.32. The van der Waals surface area contributed by atoms with Crippen molar-refractivity contribution in [2.75, 3.05) is 32.5 Å². The number of nitrogens with zero attached hydrogens (tertiary/aromatic N) is 2. The second-order valence-corrected chi connectivity index (χ2v) is 10.9. The first-order chi connectivity index (χ1) is 17.7. The summed E-state index contributed by atoms with van der Waals surface area (Å²) in [5.74, 6) is -3.39. The Bertz CT molecular complexity index is 1260. The third kappa shape index (κ3) is 6.33. The molecule has 0 bridgehead atoms. The minimum atomic E-state index is -1.47. The normalized spacial score (nSPS) is 15.7. The van der Waals surface area contributed by atoms with Gasteiger partial charge >= 0.3 is 5.97 Å². The van der Waals surface area contributed by atoms with Gasteiger partial charge in [-0.2, -0.15) is 0 Å². The van der Waals surface area contributed by atoms with Gasteiger partial charge < -0.3 is 14.7 Å². The lowest BCUT2D eigenvalue weighted by molar-refractivity contribution is -0.152. The van der Waals surface area contributed by atoms with Crippen LogP contribution in [0.15, 0.2) is 41.4 Å². The van der Waals surface area contributed by atoms with Gasteiger partial charge in [0.25, 0.3) is 0 Å². The molecule has 37 heavy (non-hydrogen) atoms. The number of aliphatic carboxylic acids is 1. The standard InChI is InChI=1S/C27H28ClF3N2O3S/c1-36-17-4-5-24-20(13-17)19(21(28)16-32-24)3-2-6-27(26(34)35)7-9-33(10-8-27)11-12-37-18-14-22(29)25(31)23(30)15-18/h4-5,13-16H,2-3,6-12H2,1H3,(H,34,35). The summed E-state index contributed by atoms with van der Waals surface area (Å²) >= 11 is 7.71. The summed E-state index contributed by atoms with van der Waals surface area (Å²) in [5.41, 5.74) is 0.944. The topological polar surface area (TPSA) is 62.7 Å². The van der Waals surface area contributed by atoms with Gasteiger partial charge in [-0.1, -0.05) is 11.6 Å². The molecule has 1 aromatic heterocycles. The first-order valence-electron chi connectivity index (χ1n) is 12.1. The van der Waals surface area contributed by atoms with Crippen LogP contribution in [0, 0.1) is 22.9 Å². The van der Waals surface area contributed by atoms with E-state index in [0.717, 1.165) is 28.6 Å². The van der Waals surface area contributed by atoms with E-state index in [2.05, 4.69) is 9.88 Å². The third-order valence-electron chi connectivity index (χ3n) is 7.12. The second-order valence-electron chi connectivity index (χ2n) is 9.30. The molecule has 0 aliphatic carbocycles. The van der Waals surface area contributed by atoms with Crippen LogP contribution in [-0.4, -0.2) is 53.5 Å². The fraction of sp³-hybridized carbons (Fsp3) is 0.407. The van der Waals surface area contributed by atoms with E-state index >= 15 is 0 Å². The van der Waals surface area contributed by atoms with Crippen molar-refractivity contribution in [3.05, 3.63) is 64.6 Å². The van der Waals surface area contributed by atoms with Gasteiger partial charge in [0.15, 0.2) is 17.5 Å². The number of thioether (sulfide) groups is 1. The highest BCUT2D eigenvalue weighted by Gasteiger charge is 2.40. The van der Waals surface area contributed by atoms with E-state index in [1.54, 1.807) is 13.3 Å². The highest BCUT2D eigenvalue weighted by Crippen LogP contribution is 2.38. The fourth-order valence-corrected chi connectivity index (χ4v) is 6.07. The highest BCUT2D eigenvalue weighted by atomic mass is 35.5. The van der Waals surface area contributed by atoms with Crippen LogP contribution in [0.25, 0.3) is 10.9 Å². The van der Waals surface area contributed by atoms with Crippen molar-refractivity contribution >= 4 is 40.2 Å². The third-order valence-corrected chi connectivity index (χ3v) is 8.40. The Morgan fingerprint density at radius 3 is 2.54 bits per heavy atom. The number of methoxy groups -OCH3 is 1. The number of ether oxygens (including phenoxy) is 1. The van der Waals surface area contributed by atoms with Gasteiger partial charge in [-0.25, -0.2) is 13.2 Å². The Kier molecular flexibility index (Phi) is 8.87. The predicted octanol–water partition coefficient (Wildman–Crippen LogP) is 6.60.